The van der Waals surface area contributed by atoms with Crippen molar-refractivity contribution in [1.29, 1.82) is 0 Å². The van der Waals surface area contributed by atoms with Crippen LogP contribution in [-0.2, 0) is 0 Å². The van der Waals surface area contributed by atoms with Crippen LogP contribution in [0.15, 0.2) is 30.5 Å². The summed E-state index contributed by atoms with van der Waals surface area (Å²) in [4.78, 5) is 4.42. The molecule has 2 aliphatic rings. The van der Waals surface area contributed by atoms with Crippen molar-refractivity contribution in [1.82, 2.24) is 4.98 Å². The third-order valence-electron chi connectivity index (χ3n) is 5.62. The summed E-state index contributed by atoms with van der Waals surface area (Å²) in [5.74, 6) is 2.76. The minimum atomic E-state index is 0.521. The summed E-state index contributed by atoms with van der Waals surface area (Å²) in [5, 5.41) is 4.88. The SMILES string of the molecule is CC(Nc1ccnc2c(N)cccc12)C1CC2CCC1C2. The first kappa shape index (κ1) is 12.9. The monoisotopic (exact) mass is 281 g/mol. The molecule has 1 aromatic carbocycles. The van der Waals surface area contributed by atoms with E-state index < -0.39 is 0 Å². The van der Waals surface area contributed by atoms with Crippen LogP contribution in [0.5, 0.6) is 0 Å². The Labute approximate surface area is 125 Å². The molecule has 3 N–H and O–H groups in total. The van der Waals surface area contributed by atoms with E-state index in [1.165, 1.54) is 31.4 Å². The van der Waals surface area contributed by atoms with Crippen LogP contribution in [-0.4, -0.2) is 11.0 Å². The molecular formula is C18H23N3. The van der Waals surface area contributed by atoms with Crippen LogP contribution < -0.4 is 11.1 Å². The molecule has 4 unspecified atom stereocenters. The molecule has 1 aromatic heterocycles. The van der Waals surface area contributed by atoms with Gasteiger partial charge in [0.05, 0.1) is 11.2 Å². The zero-order chi connectivity index (χ0) is 14.4. The number of benzene rings is 1. The molecule has 3 heteroatoms. The van der Waals surface area contributed by atoms with Crippen molar-refractivity contribution in [2.45, 2.75) is 38.6 Å². The minimum Gasteiger partial charge on any atom is -0.397 e. The molecule has 2 aromatic rings. The van der Waals surface area contributed by atoms with E-state index in [0.29, 0.717) is 6.04 Å². The molecule has 110 valence electrons. The molecule has 4 rings (SSSR count). The third-order valence-corrected chi connectivity index (χ3v) is 5.62. The molecule has 3 nitrogen and oxygen atoms in total. The Morgan fingerprint density at radius 3 is 2.90 bits per heavy atom. The van der Waals surface area contributed by atoms with E-state index in [4.69, 9.17) is 5.73 Å². The molecular weight excluding hydrogens is 258 g/mol. The van der Waals surface area contributed by atoms with Crippen LogP contribution in [0, 0.1) is 17.8 Å². The number of aromatic nitrogens is 1. The van der Waals surface area contributed by atoms with E-state index in [1.807, 2.05) is 18.3 Å². The maximum Gasteiger partial charge on any atom is 0.0951 e. The van der Waals surface area contributed by atoms with Gasteiger partial charge in [-0.25, -0.2) is 0 Å². The summed E-state index contributed by atoms with van der Waals surface area (Å²) < 4.78 is 0. The summed E-state index contributed by atoms with van der Waals surface area (Å²) in [6, 6.07) is 8.62. The van der Waals surface area contributed by atoms with Gasteiger partial charge in [0, 0.05) is 23.3 Å². The predicted octanol–water partition coefficient (Wildman–Crippen LogP) is 4.05. The van der Waals surface area contributed by atoms with Gasteiger partial charge >= 0.3 is 0 Å². The molecule has 0 aliphatic heterocycles. The van der Waals surface area contributed by atoms with Gasteiger partial charge in [-0.15, -0.1) is 0 Å². The lowest BCUT2D eigenvalue weighted by Gasteiger charge is -2.29. The quantitative estimate of drug-likeness (QED) is 0.834. The number of anilines is 2. The fourth-order valence-corrected chi connectivity index (χ4v) is 4.58. The smallest absolute Gasteiger partial charge is 0.0951 e. The van der Waals surface area contributed by atoms with Crippen LogP contribution in [0.4, 0.5) is 11.4 Å². The van der Waals surface area contributed by atoms with Gasteiger partial charge in [-0.2, -0.15) is 0 Å². The summed E-state index contributed by atoms with van der Waals surface area (Å²) in [7, 11) is 0. The second-order valence-corrected chi connectivity index (χ2v) is 6.87. The number of hydrogen-bond acceptors (Lipinski definition) is 3. The summed E-state index contributed by atoms with van der Waals surface area (Å²) in [5.41, 5.74) is 8.86. The molecule has 1 heterocycles. The van der Waals surface area contributed by atoms with E-state index in [-0.39, 0.29) is 0 Å². The highest BCUT2D eigenvalue weighted by molar-refractivity contribution is 5.97. The lowest BCUT2D eigenvalue weighted by atomic mass is 9.84. The number of rotatable bonds is 3. The summed E-state index contributed by atoms with van der Waals surface area (Å²) in [6.45, 7) is 2.34. The Morgan fingerprint density at radius 2 is 2.14 bits per heavy atom. The molecule has 0 spiro atoms. The lowest BCUT2D eigenvalue weighted by Crippen LogP contribution is -2.30. The fourth-order valence-electron chi connectivity index (χ4n) is 4.58. The van der Waals surface area contributed by atoms with Crippen LogP contribution in [0.3, 0.4) is 0 Å². The Hall–Kier alpha value is -1.77. The number of nitrogens with zero attached hydrogens (tertiary/aromatic N) is 1. The number of fused-ring (bicyclic) bond motifs is 3. The standard InChI is InChI=1S/C18H23N3/c1-11(15-10-12-5-6-13(15)9-12)21-17-7-8-20-18-14(17)3-2-4-16(18)19/h2-4,7-8,11-13,15H,5-6,9-10,19H2,1H3,(H,20,21). The van der Waals surface area contributed by atoms with Crippen molar-refractivity contribution in [3.05, 3.63) is 30.5 Å². The van der Waals surface area contributed by atoms with Gasteiger partial charge in [-0.1, -0.05) is 18.6 Å². The number of nitrogens with two attached hydrogens (primary N) is 1. The Morgan fingerprint density at radius 1 is 1.24 bits per heavy atom. The predicted molar refractivity (Wildman–Crippen MR) is 88.2 cm³/mol. The van der Waals surface area contributed by atoms with Crippen molar-refractivity contribution >= 4 is 22.3 Å². The second kappa shape index (κ2) is 4.90. The number of nitrogen functional groups attached to an aromatic ring is 1. The molecule has 2 aliphatic carbocycles. The topological polar surface area (TPSA) is 50.9 Å². The van der Waals surface area contributed by atoms with E-state index in [9.17, 15) is 0 Å². The van der Waals surface area contributed by atoms with Crippen molar-refractivity contribution < 1.29 is 0 Å². The molecule has 21 heavy (non-hydrogen) atoms. The van der Waals surface area contributed by atoms with Gasteiger partial charge in [-0.05, 0) is 56.1 Å². The highest BCUT2D eigenvalue weighted by atomic mass is 14.9. The summed E-state index contributed by atoms with van der Waals surface area (Å²) >= 11 is 0. The van der Waals surface area contributed by atoms with Crippen LogP contribution in [0.25, 0.3) is 10.9 Å². The third kappa shape index (κ3) is 2.15. The Bertz CT molecular complexity index is 667. The second-order valence-electron chi connectivity index (χ2n) is 6.87. The van der Waals surface area contributed by atoms with Gasteiger partial charge in [0.15, 0.2) is 0 Å². The maximum absolute atomic E-state index is 6.04. The fraction of sp³-hybridized carbons (Fsp3) is 0.500. The van der Waals surface area contributed by atoms with Gasteiger partial charge in [0.1, 0.15) is 0 Å². The molecule has 0 amide bonds. The van der Waals surface area contributed by atoms with Gasteiger partial charge in [0.25, 0.3) is 0 Å². The molecule has 0 saturated heterocycles. The highest BCUT2D eigenvalue weighted by Crippen LogP contribution is 2.50. The molecule has 2 fully saturated rings. The van der Waals surface area contributed by atoms with Gasteiger partial charge in [-0.3, -0.25) is 4.98 Å². The van der Waals surface area contributed by atoms with Crippen LogP contribution >= 0.6 is 0 Å². The largest absolute Gasteiger partial charge is 0.397 e. The number of nitrogens with one attached hydrogen (secondary N) is 1. The van der Waals surface area contributed by atoms with E-state index >= 15 is 0 Å². The van der Waals surface area contributed by atoms with E-state index in [1.54, 1.807) is 0 Å². The van der Waals surface area contributed by atoms with E-state index in [0.717, 1.165) is 34.3 Å². The van der Waals surface area contributed by atoms with Crippen molar-refractivity contribution in [2.24, 2.45) is 17.8 Å². The lowest BCUT2D eigenvalue weighted by molar-refractivity contribution is 0.304. The first-order valence-electron chi connectivity index (χ1n) is 8.12. The van der Waals surface area contributed by atoms with Crippen molar-refractivity contribution in [2.75, 3.05) is 11.1 Å². The van der Waals surface area contributed by atoms with Crippen molar-refractivity contribution in [3.8, 4) is 0 Å². The molecule has 2 saturated carbocycles. The zero-order valence-corrected chi connectivity index (χ0v) is 12.5. The highest BCUT2D eigenvalue weighted by Gasteiger charge is 2.41. The molecule has 2 bridgehead atoms. The van der Waals surface area contributed by atoms with Gasteiger partial charge in [0.2, 0.25) is 0 Å². The normalized spacial score (nSPS) is 28.9. The molecule has 0 radical (unpaired) electrons. The maximum atomic E-state index is 6.04. The number of hydrogen-bond donors (Lipinski definition) is 2. The average Bonchev–Trinajstić information content (AvgIpc) is 3.11. The minimum absolute atomic E-state index is 0.521. The Kier molecular flexibility index (Phi) is 3.02. The number of pyridine rings is 1. The molecule has 4 atom stereocenters. The Balaban J connectivity index is 1.61. The zero-order valence-electron chi connectivity index (χ0n) is 12.5. The van der Waals surface area contributed by atoms with Gasteiger partial charge < -0.3 is 11.1 Å². The van der Waals surface area contributed by atoms with Crippen LogP contribution in [0.1, 0.15) is 32.6 Å². The van der Waals surface area contributed by atoms with E-state index in [2.05, 4.69) is 29.4 Å². The van der Waals surface area contributed by atoms with Crippen LogP contribution in [0.2, 0.25) is 0 Å². The van der Waals surface area contributed by atoms with Crippen molar-refractivity contribution in [3.63, 3.8) is 0 Å². The number of para-hydroxylation sites is 1. The first-order valence-corrected chi connectivity index (χ1v) is 8.12. The average molecular weight is 281 g/mol. The summed E-state index contributed by atoms with van der Waals surface area (Å²) in [6.07, 6.45) is 7.62. The first-order chi connectivity index (χ1) is 10.2.